The zero-order valence-corrected chi connectivity index (χ0v) is 13.2. The Morgan fingerprint density at radius 3 is 2.83 bits per heavy atom. The number of anilines is 1. The smallest absolute Gasteiger partial charge is 0.252 e. The maximum atomic E-state index is 13.1. The predicted molar refractivity (Wildman–Crippen MR) is 89.4 cm³/mol. The second-order valence-corrected chi connectivity index (χ2v) is 6.52. The number of carbonyl (C=O) groups is 1. The normalized spacial score (nSPS) is 19.3. The Morgan fingerprint density at radius 1 is 1.22 bits per heavy atom. The van der Waals surface area contributed by atoms with E-state index in [-0.39, 0.29) is 5.91 Å². The van der Waals surface area contributed by atoms with Gasteiger partial charge in [-0.3, -0.25) is 9.48 Å². The van der Waals surface area contributed by atoms with Crippen LogP contribution in [-0.2, 0) is 23.2 Å². The van der Waals surface area contributed by atoms with Gasteiger partial charge >= 0.3 is 0 Å². The standard InChI is InChI=1S/C18H22N4O/c23-17(21-16-6-5-14-3-1-4-15(14)13-16)18(7-10-19-11-8-18)22-12-2-9-20-22/h2,5-6,9,12-13,19H,1,3-4,7-8,10-11H2,(H,21,23). The molecular formula is C18H22N4O. The lowest BCUT2D eigenvalue weighted by Gasteiger charge is -2.36. The number of hydrogen-bond acceptors (Lipinski definition) is 3. The van der Waals surface area contributed by atoms with Crippen molar-refractivity contribution in [2.75, 3.05) is 18.4 Å². The molecule has 0 saturated carbocycles. The van der Waals surface area contributed by atoms with Crippen LogP contribution in [0.3, 0.4) is 0 Å². The van der Waals surface area contributed by atoms with Gasteiger partial charge in [-0.1, -0.05) is 6.07 Å². The molecule has 1 aliphatic carbocycles. The maximum absolute atomic E-state index is 13.1. The fourth-order valence-corrected chi connectivity index (χ4v) is 3.82. The molecule has 23 heavy (non-hydrogen) atoms. The summed E-state index contributed by atoms with van der Waals surface area (Å²) < 4.78 is 1.83. The monoisotopic (exact) mass is 310 g/mol. The number of amides is 1. The highest BCUT2D eigenvalue weighted by Gasteiger charge is 2.42. The number of nitrogens with zero attached hydrogens (tertiary/aromatic N) is 2. The van der Waals surface area contributed by atoms with E-state index in [9.17, 15) is 4.79 Å². The molecule has 2 aliphatic rings. The van der Waals surface area contributed by atoms with Crippen LogP contribution in [0.4, 0.5) is 5.69 Å². The van der Waals surface area contributed by atoms with Crippen molar-refractivity contribution in [2.45, 2.75) is 37.6 Å². The molecule has 1 saturated heterocycles. The molecule has 0 radical (unpaired) electrons. The van der Waals surface area contributed by atoms with Crippen molar-refractivity contribution in [1.82, 2.24) is 15.1 Å². The van der Waals surface area contributed by atoms with Gasteiger partial charge in [0.05, 0.1) is 0 Å². The number of aryl methyl sites for hydroxylation is 2. The van der Waals surface area contributed by atoms with Gasteiger partial charge in [0.1, 0.15) is 5.54 Å². The molecule has 5 heteroatoms. The molecule has 2 heterocycles. The highest BCUT2D eigenvalue weighted by molar-refractivity contribution is 5.96. The minimum absolute atomic E-state index is 0.0423. The molecular weight excluding hydrogens is 288 g/mol. The van der Waals surface area contributed by atoms with Gasteiger partial charge in [-0.15, -0.1) is 0 Å². The molecule has 5 nitrogen and oxygen atoms in total. The number of hydrogen-bond donors (Lipinski definition) is 2. The number of fused-ring (bicyclic) bond motifs is 1. The summed E-state index contributed by atoms with van der Waals surface area (Å²) in [4.78, 5) is 13.1. The molecule has 0 atom stereocenters. The Morgan fingerprint density at radius 2 is 2.04 bits per heavy atom. The lowest BCUT2D eigenvalue weighted by Crippen LogP contribution is -2.52. The van der Waals surface area contributed by atoms with Crippen LogP contribution >= 0.6 is 0 Å². The van der Waals surface area contributed by atoms with Crippen LogP contribution in [0.5, 0.6) is 0 Å². The van der Waals surface area contributed by atoms with Gasteiger partial charge in [0.2, 0.25) is 0 Å². The van der Waals surface area contributed by atoms with Crippen molar-refractivity contribution in [3.05, 3.63) is 47.8 Å². The summed E-state index contributed by atoms with van der Waals surface area (Å²) in [5, 5.41) is 10.8. The van der Waals surface area contributed by atoms with Crippen molar-refractivity contribution in [3.63, 3.8) is 0 Å². The zero-order valence-electron chi connectivity index (χ0n) is 13.2. The quantitative estimate of drug-likeness (QED) is 0.912. The van der Waals surface area contributed by atoms with E-state index >= 15 is 0 Å². The second kappa shape index (κ2) is 5.81. The number of rotatable bonds is 3. The average molecular weight is 310 g/mol. The molecule has 2 N–H and O–H groups in total. The van der Waals surface area contributed by atoms with Crippen LogP contribution in [0.25, 0.3) is 0 Å². The number of nitrogens with one attached hydrogen (secondary N) is 2. The summed E-state index contributed by atoms with van der Waals surface area (Å²) in [5.74, 6) is 0.0423. The first-order chi connectivity index (χ1) is 11.3. The summed E-state index contributed by atoms with van der Waals surface area (Å²) >= 11 is 0. The van der Waals surface area contributed by atoms with Gasteiger partial charge in [0.25, 0.3) is 5.91 Å². The van der Waals surface area contributed by atoms with Crippen LogP contribution in [0.15, 0.2) is 36.7 Å². The molecule has 1 aromatic carbocycles. The van der Waals surface area contributed by atoms with E-state index < -0.39 is 5.54 Å². The van der Waals surface area contributed by atoms with Crippen molar-refractivity contribution in [1.29, 1.82) is 0 Å². The number of aromatic nitrogens is 2. The van der Waals surface area contributed by atoms with Gasteiger partial charge in [-0.25, -0.2) is 0 Å². The molecule has 2 aromatic rings. The fraction of sp³-hybridized carbons (Fsp3) is 0.444. The molecule has 0 unspecified atom stereocenters. The van der Waals surface area contributed by atoms with Gasteiger partial charge in [0, 0.05) is 18.1 Å². The topological polar surface area (TPSA) is 59.0 Å². The van der Waals surface area contributed by atoms with E-state index in [0.29, 0.717) is 0 Å². The predicted octanol–water partition coefficient (Wildman–Crippen LogP) is 2.09. The summed E-state index contributed by atoms with van der Waals surface area (Å²) in [7, 11) is 0. The lowest BCUT2D eigenvalue weighted by molar-refractivity contribution is -0.126. The van der Waals surface area contributed by atoms with E-state index in [1.54, 1.807) is 6.20 Å². The fourth-order valence-electron chi connectivity index (χ4n) is 3.82. The maximum Gasteiger partial charge on any atom is 0.252 e. The molecule has 0 spiro atoms. The Kier molecular flexibility index (Phi) is 3.65. The summed E-state index contributed by atoms with van der Waals surface area (Å²) in [5.41, 5.74) is 3.11. The van der Waals surface area contributed by atoms with Gasteiger partial charge in [-0.2, -0.15) is 5.10 Å². The molecule has 1 aliphatic heterocycles. The van der Waals surface area contributed by atoms with Gasteiger partial charge < -0.3 is 10.6 Å². The van der Waals surface area contributed by atoms with E-state index in [1.807, 2.05) is 23.0 Å². The first kappa shape index (κ1) is 14.5. The Bertz CT molecular complexity index is 702. The Labute approximate surface area is 136 Å². The van der Waals surface area contributed by atoms with E-state index in [4.69, 9.17) is 0 Å². The first-order valence-corrected chi connectivity index (χ1v) is 8.42. The third-order valence-electron chi connectivity index (χ3n) is 5.15. The SMILES string of the molecule is O=C(Nc1ccc2c(c1)CCC2)C1(n2cccn2)CCNCC1. The lowest BCUT2D eigenvalue weighted by atomic mass is 9.87. The average Bonchev–Trinajstić information content (AvgIpc) is 3.27. The molecule has 1 fully saturated rings. The third-order valence-corrected chi connectivity index (χ3v) is 5.15. The molecule has 1 aromatic heterocycles. The Hall–Kier alpha value is -2.14. The van der Waals surface area contributed by atoms with Crippen LogP contribution in [0.2, 0.25) is 0 Å². The minimum atomic E-state index is -0.590. The van der Waals surface area contributed by atoms with Crippen molar-refractivity contribution >= 4 is 11.6 Å². The molecule has 120 valence electrons. The van der Waals surface area contributed by atoms with Gasteiger partial charge in [-0.05, 0) is 74.5 Å². The molecule has 4 rings (SSSR count). The highest BCUT2D eigenvalue weighted by atomic mass is 16.2. The summed E-state index contributed by atoms with van der Waals surface area (Å²) in [6.07, 6.45) is 8.65. The first-order valence-electron chi connectivity index (χ1n) is 8.42. The highest BCUT2D eigenvalue weighted by Crippen LogP contribution is 2.30. The third kappa shape index (κ3) is 2.55. The minimum Gasteiger partial charge on any atom is -0.324 e. The van der Waals surface area contributed by atoms with E-state index in [1.165, 1.54) is 17.5 Å². The summed E-state index contributed by atoms with van der Waals surface area (Å²) in [6, 6.07) is 8.20. The Balaban J connectivity index is 1.61. The second-order valence-electron chi connectivity index (χ2n) is 6.52. The van der Waals surface area contributed by atoms with E-state index in [0.717, 1.165) is 44.5 Å². The largest absolute Gasteiger partial charge is 0.324 e. The van der Waals surface area contributed by atoms with Crippen molar-refractivity contribution in [2.24, 2.45) is 0 Å². The number of piperidine rings is 1. The summed E-state index contributed by atoms with van der Waals surface area (Å²) in [6.45, 7) is 1.66. The van der Waals surface area contributed by atoms with E-state index in [2.05, 4.69) is 27.9 Å². The van der Waals surface area contributed by atoms with Crippen molar-refractivity contribution in [3.8, 4) is 0 Å². The van der Waals surface area contributed by atoms with Crippen LogP contribution < -0.4 is 10.6 Å². The number of carbonyl (C=O) groups excluding carboxylic acids is 1. The molecule has 0 bridgehead atoms. The van der Waals surface area contributed by atoms with Crippen molar-refractivity contribution < 1.29 is 4.79 Å². The van der Waals surface area contributed by atoms with Crippen LogP contribution in [-0.4, -0.2) is 28.8 Å². The van der Waals surface area contributed by atoms with Gasteiger partial charge in [0.15, 0.2) is 0 Å². The van der Waals surface area contributed by atoms with Crippen LogP contribution in [0, 0.1) is 0 Å². The number of benzene rings is 1. The van der Waals surface area contributed by atoms with Crippen LogP contribution in [0.1, 0.15) is 30.4 Å². The zero-order chi connectivity index (χ0) is 15.7. The molecule has 1 amide bonds.